The number of allylic oxidation sites excluding steroid dienone is 4. The van der Waals surface area contributed by atoms with Crippen molar-refractivity contribution in [2.24, 2.45) is 23.7 Å². The smallest absolute Gasteiger partial charge is 0.270 e. The number of fused-ring (bicyclic) bond motifs is 44. The number of nitrogens with zero attached hydrogens (tertiary/aromatic N) is 8. The number of benzene rings is 12. The molecule has 2 saturated heterocycles. The number of Topliss-reactive ketones (excluding diaryl/α,β-unsaturated/α-hetero) is 2. The molecule has 15 aromatic rings. The lowest BCUT2D eigenvalue weighted by Crippen LogP contribution is -2.42. The average molecular weight is 1790 g/mol. The van der Waals surface area contributed by atoms with Crippen LogP contribution in [0.3, 0.4) is 0 Å². The molecule has 16 bridgehead atoms. The van der Waals surface area contributed by atoms with Crippen molar-refractivity contribution in [2.75, 3.05) is 26.4 Å². The normalized spacial score (nSPS) is 23.4. The van der Waals surface area contributed by atoms with Gasteiger partial charge in [-0.05, 0) is 105 Å². The molecule has 4 fully saturated rings. The Labute approximate surface area is 782 Å². The molecule has 10 aliphatic rings. The predicted molar refractivity (Wildman–Crippen MR) is 520 cm³/mol. The topological polar surface area (TPSA) is 285 Å². The Morgan fingerprint density at radius 3 is 0.765 bits per heavy atom. The third kappa shape index (κ3) is 11.2. The first-order valence-corrected chi connectivity index (χ1v) is 47.6. The number of ketones is 2. The largest absolute Gasteiger partial charge is 0.492 e. The number of nitrogens with one attached hydrogen (secondary N) is 2. The van der Waals surface area contributed by atoms with Crippen LogP contribution >= 0.6 is 0 Å². The zero-order valence-electron chi connectivity index (χ0n) is 75.1. The minimum atomic E-state index is -1.38. The zero-order chi connectivity index (χ0) is 91.8. The molecule has 4 unspecified atom stereocenters. The SMILES string of the molecule is CCCCOc1c2c(c(OCCCC)c3c1[C@H]1O[C@@H]3C3C1[C@@]1(c4ccccc4)C(=O)[C@]3(c3ccccc3)C(c3ccccc3)=C1c1ccccc1)-c1nc-2nc2[nH]c(nc3nc(nc4[nH]c(n1)c1cc([N+](=O)[O-])ccc41)-c1c(OCCCC)c4c(c(OCCCC)c1-3)[C@@H]1O[C@H]4C3C1[C@]1(c4ccccc4)C(=O)[C@@]3(c3ccccc3)C(c3ccccc3)=C1c1ccccc1)c1cc([N+](=O)[O-])ccc21. The van der Waals surface area contributed by atoms with Gasteiger partial charge in [0.25, 0.3) is 11.4 Å². The van der Waals surface area contributed by atoms with Crippen LogP contribution in [0.2, 0.25) is 0 Å². The first-order chi connectivity index (χ1) is 66.8. The van der Waals surface area contributed by atoms with E-state index in [2.05, 4.69) is 135 Å². The number of hydrogen-bond acceptors (Lipinski definition) is 18. The van der Waals surface area contributed by atoms with E-state index in [0.717, 1.165) is 92.5 Å². The quantitative estimate of drug-likeness (QED) is 0.0289. The number of carbonyl (C=O) groups excluding carboxylic acids is 2. The summed E-state index contributed by atoms with van der Waals surface area (Å²) in [5, 5.41) is 28.5. The minimum absolute atomic E-state index is 0.0340. The number of nitro benzene ring substituents is 2. The Morgan fingerprint density at radius 2 is 0.537 bits per heavy atom. The van der Waals surface area contributed by atoms with Crippen molar-refractivity contribution in [1.82, 2.24) is 39.9 Å². The second-order valence-electron chi connectivity index (χ2n) is 37.2. The summed E-state index contributed by atoms with van der Waals surface area (Å²) in [7, 11) is 0. The van der Waals surface area contributed by atoms with E-state index in [9.17, 15) is 20.2 Å². The second kappa shape index (κ2) is 31.7. The maximum atomic E-state index is 18.0. The molecular formula is C114H92N10O12. The summed E-state index contributed by atoms with van der Waals surface area (Å²) in [6, 6.07) is 91.4. The summed E-state index contributed by atoms with van der Waals surface area (Å²) in [5.41, 5.74) is 9.40. The monoisotopic (exact) mass is 1790 g/mol. The third-order valence-electron chi connectivity index (χ3n) is 30.5. The molecular weight excluding hydrogens is 1700 g/mol. The molecule has 2 N–H and O–H groups in total. The predicted octanol–water partition coefficient (Wildman–Crippen LogP) is 24.3. The number of non-ortho nitro benzene ring substituents is 2. The molecule has 9 heterocycles. The molecule has 25 rings (SSSR count). The van der Waals surface area contributed by atoms with Gasteiger partial charge in [0, 0.05) is 91.7 Å². The van der Waals surface area contributed by atoms with Crippen LogP contribution in [0.15, 0.2) is 279 Å². The van der Waals surface area contributed by atoms with E-state index >= 15 is 9.59 Å². The number of nitro groups is 2. The Balaban J connectivity index is 0.793. The third-order valence-corrected chi connectivity index (χ3v) is 30.5. The van der Waals surface area contributed by atoms with Crippen molar-refractivity contribution in [3.63, 3.8) is 0 Å². The van der Waals surface area contributed by atoms with Crippen LogP contribution < -0.4 is 18.9 Å². The molecule has 3 aromatic heterocycles. The minimum Gasteiger partial charge on any atom is -0.492 e. The van der Waals surface area contributed by atoms with Gasteiger partial charge in [0.1, 0.15) is 45.6 Å². The van der Waals surface area contributed by atoms with Gasteiger partial charge in [0.05, 0.1) is 105 Å². The fourth-order valence-corrected chi connectivity index (χ4v) is 25.6. The van der Waals surface area contributed by atoms with Crippen molar-refractivity contribution >= 4 is 89.4 Å². The van der Waals surface area contributed by atoms with Crippen molar-refractivity contribution in [2.45, 2.75) is 125 Å². The maximum absolute atomic E-state index is 18.0. The van der Waals surface area contributed by atoms with Gasteiger partial charge in [-0.15, -0.1) is 0 Å². The summed E-state index contributed by atoms with van der Waals surface area (Å²) < 4.78 is 46.5. The molecule has 0 radical (unpaired) electrons. The molecule has 12 aromatic carbocycles. The first kappa shape index (κ1) is 82.6. The van der Waals surface area contributed by atoms with E-state index in [4.69, 9.17) is 58.3 Å². The number of unbranched alkanes of at least 4 members (excludes halogenated alkanes) is 4. The lowest BCUT2D eigenvalue weighted by molar-refractivity contribution is -0.384. The van der Waals surface area contributed by atoms with Crippen molar-refractivity contribution < 1.29 is 47.9 Å². The van der Waals surface area contributed by atoms with Gasteiger partial charge in [-0.2, -0.15) is 0 Å². The number of aromatic amines is 2. The van der Waals surface area contributed by atoms with Crippen molar-refractivity contribution in [3.05, 3.63) is 366 Å². The van der Waals surface area contributed by atoms with Crippen LogP contribution in [-0.2, 0) is 40.7 Å². The molecule has 22 heteroatoms. The zero-order valence-corrected chi connectivity index (χ0v) is 75.1. The van der Waals surface area contributed by atoms with Gasteiger partial charge >= 0.3 is 0 Å². The van der Waals surface area contributed by atoms with Crippen LogP contribution in [0.25, 0.3) is 112 Å². The van der Waals surface area contributed by atoms with Gasteiger partial charge in [0.2, 0.25) is 0 Å². The van der Waals surface area contributed by atoms with E-state index in [1.807, 2.05) is 146 Å². The fraction of sp³-hybridized carbons (Fsp3) is 0.246. The van der Waals surface area contributed by atoms with E-state index in [1.54, 1.807) is 12.1 Å². The van der Waals surface area contributed by atoms with Crippen LogP contribution in [0, 0.1) is 43.9 Å². The number of rotatable bonds is 26. The standard InChI is InChI=1S/C114H92N10O12/c1-5-9-57-131-93-77-79(99-91-89(97(77)135-99)111(67-45-29-17-30-46-67)85(63-37-21-13-22-38-63)87(65-41-25-15-26-42-65)113(91,109(111)125)69-49-33-19-34-50-69)95(133-59-11-7-3)83-81(93)105-117-101-73-55-53-71(123(127)128)61-75(73)104(115-101)120-108-84-82(106(122-108)118-102-74-56-54-72(124(129)130)62-76(74)103(116-102)119-107(83)121-105)94(132-58-10-6-2)78-80(96(84)134-60-12-8-4)100-92-90(98(78)136-100)112(68-47-31-18-32-48-68)86(64-39-23-14-24-40-64)88(66-43-27-16-28-44-66)114(92,110(112)126)70-51-35-20-36-52-70/h13-56,61-62,89-92,97-100H,5-12,57-60H2,1-4H3,(H2,115,116,117,118,119,120,121,122)/t89?,90?,91?,92?,97-,98-,99+,100+,111+,112+,113-,114-/m1/s1. The van der Waals surface area contributed by atoms with Gasteiger partial charge in [-0.1, -0.05) is 296 Å². The van der Waals surface area contributed by atoms with Crippen molar-refractivity contribution in [1.29, 1.82) is 0 Å². The van der Waals surface area contributed by atoms with Gasteiger partial charge in [-0.3, -0.25) is 29.8 Å². The van der Waals surface area contributed by atoms with Gasteiger partial charge in [0.15, 0.2) is 34.9 Å². The molecule has 22 nitrogen and oxygen atoms in total. The van der Waals surface area contributed by atoms with Crippen LogP contribution in [0.5, 0.6) is 23.0 Å². The molecule has 136 heavy (non-hydrogen) atoms. The molecule has 0 spiro atoms. The molecule has 0 amide bonds. The summed E-state index contributed by atoms with van der Waals surface area (Å²) in [6.45, 7) is 9.26. The van der Waals surface area contributed by atoms with Gasteiger partial charge < -0.3 is 38.4 Å². The van der Waals surface area contributed by atoms with Crippen molar-refractivity contribution in [3.8, 4) is 68.5 Å². The maximum Gasteiger partial charge on any atom is 0.270 e. The number of ether oxygens (including phenoxy) is 6. The van der Waals surface area contributed by atoms with Gasteiger partial charge in [-0.25, -0.2) is 29.9 Å². The van der Waals surface area contributed by atoms with Crippen LogP contribution in [-0.4, -0.2) is 87.7 Å². The summed E-state index contributed by atoms with van der Waals surface area (Å²) in [6.07, 6.45) is 1.97. The highest BCUT2D eigenvalue weighted by atomic mass is 16.6. The Morgan fingerprint density at radius 1 is 0.309 bits per heavy atom. The number of H-pyrrole nitrogens is 2. The first-order valence-electron chi connectivity index (χ1n) is 47.6. The lowest BCUT2D eigenvalue weighted by Gasteiger charge is -2.45. The number of hydrogen-bond donors (Lipinski definition) is 2. The lowest BCUT2D eigenvalue weighted by atomic mass is 9.54. The highest BCUT2D eigenvalue weighted by molar-refractivity contribution is 6.32. The average Bonchev–Trinajstić information content (AvgIpc) is 1.45. The van der Waals surface area contributed by atoms with E-state index in [-0.39, 0.29) is 95.3 Å². The Hall–Kier alpha value is -15.3. The summed E-state index contributed by atoms with van der Waals surface area (Å²) >= 11 is 0. The number of carbonyl (C=O) groups is 2. The summed E-state index contributed by atoms with van der Waals surface area (Å²) in [5.74, 6) is -0.438. The van der Waals surface area contributed by atoms with Crippen LogP contribution in [0.1, 0.15) is 170 Å². The molecule has 2 saturated carbocycles. The van der Waals surface area contributed by atoms with E-state index in [1.165, 1.54) is 24.3 Å². The molecule has 6 aliphatic heterocycles. The molecule has 670 valence electrons. The van der Waals surface area contributed by atoms with Crippen LogP contribution in [0.4, 0.5) is 11.4 Å². The fourth-order valence-electron chi connectivity index (χ4n) is 25.6. The van der Waals surface area contributed by atoms with E-state index < -0.39 is 79.6 Å². The molecule has 12 atom stereocenters. The summed E-state index contributed by atoms with van der Waals surface area (Å²) in [4.78, 5) is 104. The van der Waals surface area contributed by atoms with E-state index in [0.29, 0.717) is 115 Å². The second-order valence-corrected chi connectivity index (χ2v) is 37.2. The number of aromatic nitrogens is 8. The highest BCUT2D eigenvalue weighted by Gasteiger charge is 2.85. The highest BCUT2D eigenvalue weighted by Crippen LogP contribution is 2.86. The Bertz CT molecular complexity index is 7340. The Kier molecular flexibility index (Phi) is 19.3. The molecule has 4 aliphatic carbocycles.